The number of amides is 1. The molecule has 0 saturated carbocycles. The number of rotatable bonds is 3. The van der Waals surface area contributed by atoms with Crippen LogP contribution in [0.1, 0.15) is 48.5 Å². The number of nitrogens with zero attached hydrogens (tertiary/aromatic N) is 2. The van der Waals surface area contributed by atoms with Crippen LogP contribution < -0.4 is 4.74 Å². The van der Waals surface area contributed by atoms with Gasteiger partial charge in [0.1, 0.15) is 5.75 Å². The molecule has 4 nitrogen and oxygen atoms in total. The Morgan fingerprint density at radius 3 is 3.00 bits per heavy atom. The predicted octanol–water partition coefficient (Wildman–Crippen LogP) is 4.12. The van der Waals surface area contributed by atoms with Gasteiger partial charge in [-0.05, 0) is 54.3 Å². The SMILES string of the molecule is Cn1cccc1C1CCCCCN1C(=O)/C=C/c1ccc2c(c1)CCO2. The number of carbonyl (C=O) groups excluding carboxylic acids is 1. The lowest BCUT2D eigenvalue weighted by molar-refractivity contribution is -0.128. The summed E-state index contributed by atoms with van der Waals surface area (Å²) in [4.78, 5) is 15.0. The molecule has 0 bridgehead atoms. The second-order valence-corrected chi connectivity index (χ2v) is 7.24. The molecule has 4 rings (SSSR count). The van der Waals surface area contributed by atoms with Gasteiger partial charge in [-0.25, -0.2) is 0 Å². The molecule has 26 heavy (non-hydrogen) atoms. The molecule has 1 amide bonds. The summed E-state index contributed by atoms with van der Waals surface area (Å²) in [5.41, 5.74) is 3.52. The molecule has 1 saturated heterocycles. The summed E-state index contributed by atoms with van der Waals surface area (Å²) in [5.74, 6) is 1.08. The molecule has 1 atom stereocenters. The Balaban J connectivity index is 1.54. The fourth-order valence-corrected chi connectivity index (χ4v) is 4.07. The molecule has 4 heteroatoms. The molecule has 1 aromatic carbocycles. The van der Waals surface area contributed by atoms with E-state index in [1.54, 1.807) is 6.08 Å². The van der Waals surface area contributed by atoms with Crippen LogP contribution >= 0.6 is 0 Å². The molecule has 1 aromatic heterocycles. The van der Waals surface area contributed by atoms with Crippen LogP contribution in [0.4, 0.5) is 0 Å². The molecule has 0 aliphatic carbocycles. The lowest BCUT2D eigenvalue weighted by atomic mass is 10.1. The summed E-state index contributed by atoms with van der Waals surface area (Å²) in [5, 5.41) is 0. The average Bonchev–Trinajstić information content (AvgIpc) is 3.21. The van der Waals surface area contributed by atoms with E-state index in [9.17, 15) is 4.79 Å². The number of carbonyl (C=O) groups is 1. The van der Waals surface area contributed by atoms with Crippen molar-refractivity contribution >= 4 is 12.0 Å². The van der Waals surface area contributed by atoms with Gasteiger partial charge in [0, 0.05) is 38.0 Å². The molecule has 136 valence electrons. The third-order valence-corrected chi connectivity index (χ3v) is 5.49. The molecular weight excluding hydrogens is 324 g/mol. The van der Waals surface area contributed by atoms with Crippen molar-refractivity contribution in [3.05, 3.63) is 59.4 Å². The van der Waals surface area contributed by atoms with E-state index in [1.165, 1.54) is 24.1 Å². The van der Waals surface area contributed by atoms with Gasteiger partial charge in [-0.2, -0.15) is 0 Å². The normalized spacial score (nSPS) is 20.0. The summed E-state index contributed by atoms with van der Waals surface area (Å²) in [6, 6.07) is 10.5. The number of aryl methyl sites for hydroxylation is 1. The van der Waals surface area contributed by atoms with Crippen molar-refractivity contribution in [1.82, 2.24) is 9.47 Å². The Morgan fingerprint density at radius 1 is 1.23 bits per heavy atom. The maximum Gasteiger partial charge on any atom is 0.247 e. The van der Waals surface area contributed by atoms with Crippen molar-refractivity contribution in [1.29, 1.82) is 0 Å². The van der Waals surface area contributed by atoms with Gasteiger partial charge in [-0.15, -0.1) is 0 Å². The minimum atomic E-state index is 0.106. The van der Waals surface area contributed by atoms with E-state index in [-0.39, 0.29) is 11.9 Å². The average molecular weight is 350 g/mol. The third kappa shape index (κ3) is 3.41. The van der Waals surface area contributed by atoms with Gasteiger partial charge in [0.05, 0.1) is 12.6 Å². The van der Waals surface area contributed by atoms with Crippen molar-refractivity contribution in [3.63, 3.8) is 0 Å². The summed E-state index contributed by atoms with van der Waals surface area (Å²) < 4.78 is 7.69. The second kappa shape index (κ2) is 7.40. The molecule has 0 radical (unpaired) electrons. The smallest absolute Gasteiger partial charge is 0.247 e. The number of hydrogen-bond donors (Lipinski definition) is 0. The van der Waals surface area contributed by atoms with Crippen molar-refractivity contribution in [2.75, 3.05) is 13.2 Å². The van der Waals surface area contributed by atoms with Crippen molar-refractivity contribution in [3.8, 4) is 5.75 Å². The van der Waals surface area contributed by atoms with Crippen LogP contribution in [0.3, 0.4) is 0 Å². The first-order valence-corrected chi connectivity index (χ1v) is 9.58. The number of hydrogen-bond acceptors (Lipinski definition) is 2. The van der Waals surface area contributed by atoms with Crippen molar-refractivity contribution < 1.29 is 9.53 Å². The first-order valence-electron chi connectivity index (χ1n) is 9.58. The minimum absolute atomic E-state index is 0.106. The van der Waals surface area contributed by atoms with E-state index in [2.05, 4.69) is 40.9 Å². The van der Waals surface area contributed by atoms with Crippen molar-refractivity contribution in [2.24, 2.45) is 7.05 Å². The lowest BCUT2D eigenvalue weighted by Gasteiger charge is -2.29. The van der Waals surface area contributed by atoms with Gasteiger partial charge in [0.15, 0.2) is 0 Å². The largest absolute Gasteiger partial charge is 0.493 e. The molecule has 2 aliphatic rings. The summed E-state index contributed by atoms with van der Waals surface area (Å²) in [6.07, 6.45) is 11.2. The Bertz CT molecular complexity index is 821. The molecule has 2 aromatic rings. The zero-order valence-corrected chi connectivity index (χ0v) is 15.4. The zero-order chi connectivity index (χ0) is 17.9. The van der Waals surface area contributed by atoms with E-state index in [4.69, 9.17) is 4.74 Å². The number of fused-ring (bicyclic) bond motifs is 1. The Hall–Kier alpha value is -2.49. The topological polar surface area (TPSA) is 34.5 Å². The van der Waals surface area contributed by atoms with Crippen LogP contribution in [-0.4, -0.2) is 28.5 Å². The molecule has 2 aliphatic heterocycles. The maximum absolute atomic E-state index is 13.0. The van der Waals surface area contributed by atoms with Gasteiger partial charge in [-0.1, -0.05) is 18.9 Å². The van der Waals surface area contributed by atoms with Gasteiger partial charge in [-0.3, -0.25) is 4.79 Å². The second-order valence-electron chi connectivity index (χ2n) is 7.24. The monoisotopic (exact) mass is 350 g/mol. The number of benzene rings is 1. The van der Waals surface area contributed by atoms with Gasteiger partial charge < -0.3 is 14.2 Å². The number of ether oxygens (including phenoxy) is 1. The molecular formula is C22H26N2O2. The molecule has 1 unspecified atom stereocenters. The Labute approximate surface area is 155 Å². The highest BCUT2D eigenvalue weighted by Gasteiger charge is 2.27. The van der Waals surface area contributed by atoms with E-state index in [0.29, 0.717) is 0 Å². The maximum atomic E-state index is 13.0. The summed E-state index contributed by atoms with van der Waals surface area (Å²) >= 11 is 0. The highest BCUT2D eigenvalue weighted by molar-refractivity contribution is 5.92. The van der Waals surface area contributed by atoms with Crippen LogP contribution in [-0.2, 0) is 18.3 Å². The molecule has 1 fully saturated rings. The van der Waals surface area contributed by atoms with Gasteiger partial charge in [0.25, 0.3) is 0 Å². The van der Waals surface area contributed by atoms with E-state index < -0.39 is 0 Å². The van der Waals surface area contributed by atoms with Crippen LogP contribution in [0.5, 0.6) is 5.75 Å². The van der Waals surface area contributed by atoms with E-state index in [1.807, 2.05) is 18.2 Å². The predicted molar refractivity (Wildman–Crippen MR) is 103 cm³/mol. The minimum Gasteiger partial charge on any atom is -0.493 e. The third-order valence-electron chi connectivity index (χ3n) is 5.49. The fraction of sp³-hybridized carbons (Fsp3) is 0.409. The number of likely N-dealkylation sites (tertiary alicyclic amines) is 1. The first-order chi connectivity index (χ1) is 12.7. The van der Waals surface area contributed by atoms with Crippen LogP contribution in [0.15, 0.2) is 42.6 Å². The molecule has 3 heterocycles. The Morgan fingerprint density at radius 2 is 2.15 bits per heavy atom. The van der Waals surface area contributed by atoms with E-state index >= 15 is 0 Å². The molecule has 0 spiro atoms. The Kier molecular flexibility index (Phi) is 4.83. The van der Waals surface area contributed by atoms with Gasteiger partial charge >= 0.3 is 0 Å². The fourth-order valence-electron chi connectivity index (χ4n) is 4.07. The standard InChI is InChI=1S/C22H26N2O2/c1-23-13-5-7-19(23)20-6-3-2-4-14-24(20)22(25)11-9-17-8-10-21-18(16-17)12-15-26-21/h5,7-11,13,16,20H,2-4,6,12,14-15H2,1H3/b11-9+. The van der Waals surface area contributed by atoms with Gasteiger partial charge in [0.2, 0.25) is 5.91 Å². The number of aromatic nitrogens is 1. The van der Waals surface area contributed by atoms with Crippen LogP contribution in [0, 0.1) is 0 Å². The highest BCUT2D eigenvalue weighted by Crippen LogP contribution is 2.31. The summed E-state index contributed by atoms with van der Waals surface area (Å²) in [7, 11) is 2.06. The van der Waals surface area contributed by atoms with E-state index in [0.717, 1.165) is 43.7 Å². The summed E-state index contributed by atoms with van der Waals surface area (Å²) in [6.45, 7) is 1.59. The quantitative estimate of drug-likeness (QED) is 0.781. The van der Waals surface area contributed by atoms with Crippen LogP contribution in [0.25, 0.3) is 6.08 Å². The lowest BCUT2D eigenvalue weighted by Crippen LogP contribution is -2.34. The zero-order valence-electron chi connectivity index (χ0n) is 15.4. The van der Waals surface area contributed by atoms with Crippen LogP contribution in [0.2, 0.25) is 0 Å². The van der Waals surface area contributed by atoms with Crippen molar-refractivity contribution in [2.45, 2.75) is 38.1 Å². The molecule has 0 N–H and O–H groups in total. The first kappa shape index (κ1) is 17.0. The highest BCUT2D eigenvalue weighted by atomic mass is 16.5.